The van der Waals surface area contributed by atoms with E-state index in [0.717, 1.165) is 27.8 Å². The maximum atomic E-state index is 11.8. The summed E-state index contributed by atoms with van der Waals surface area (Å²) in [7, 11) is -2.07. The zero-order chi connectivity index (χ0) is 18.1. The van der Waals surface area contributed by atoms with Crippen LogP contribution in [0.4, 0.5) is 5.69 Å². The molecule has 10 heteroatoms. The van der Waals surface area contributed by atoms with Gasteiger partial charge >= 0.3 is 0 Å². The van der Waals surface area contributed by atoms with E-state index < -0.39 is 15.9 Å². The molecule has 0 radical (unpaired) electrons. The van der Waals surface area contributed by atoms with Crippen LogP contribution in [0.5, 0.6) is 0 Å². The summed E-state index contributed by atoms with van der Waals surface area (Å²) in [6.07, 6.45) is 3.97. The highest BCUT2D eigenvalue weighted by atomic mass is 32.2. The third-order valence-corrected chi connectivity index (χ3v) is 4.83. The molecule has 2 aromatic rings. The van der Waals surface area contributed by atoms with Gasteiger partial charge in [0.1, 0.15) is 5.82 Å². The Balaban J connectivity index is 2.11. The topological polar surface area (TPSA) is 110 Å². The quantitative estimate of drug-likeness (QED) is 0.835. The van der Waals surface area contributed by atoms with Crippen molar-refractivity contribution in [3.05, 3.63) is 29.6 Å². The van der Waals surface area contributed by atoms with Gasteiger partial charge in [-0.2, -0.15) is 4.31 Å². The number of likely N-dealkylation sites (N-methyl/N-ethyl adjacent to an activating group) is 1. The SMILES string of the molecule is Cc1nc(C)n(-c2ncc(NC(=O)CN(C)S(C)(=O)=O)cn2)c1C. The highest BCUT2D eigenvalue weighted by Crippen LogP contribution is 2.14. The van der Waals surface area contributed by atoms with Gasteiger partial charge in [0.05, 0.1) is 36.6 Å². The Bertz CT molecular complexity index is 857. The molecule has 0 unspecified atom stereocenters. The molecule has 1 amide bonds. The fourth-order valence-corrected chi connectivity index (χ4v) is 2.45. The smallest absolute Gasteiger partial charge is 0.239 e. The van der Waals surface area contributed by atoms with Crippen LogP contribution in [0.15, 0.2) is 12.4 Å². The Morgan fingerprint density at radius 1 is 1.25 bits per heavy atom. The first kappa shape index (κ1) is 18.0. The van der Waals surface area contributed by atoms with Gasteiger partial charge in [-0.15, -0.1) is 0 Å². The minimum absolute atomic E-state index is 0.278. The number of nitrogens with one attached hydrogen (secondary N) is 1. The summed E-state index contributed by atoms with van der Waals surface area (Å²) < 4.78 is 25.4. The zero-order valence-corrected chi connectivity index (χ0v) is 15.0. The van der Waals surface area contributed by atoms with Crippen molar-refractivity contribution >= 4 is 21.6 Å². The number of aryl methyl sites for hydroxylation is 2. The van der Waals surface area contributed by atoms with Gasteiger partial charge in [-0.1, -0.05) is 0 Å². The lowest BCUT2D eigenvalue weighted by molar-refractivity contribution is -0.116. The van der Waals surface area contributed by atoms with Crippen molar-refractivity contribution < 1.29 is 13.2 Å². The Labute approximate surface area is 140 Å². The Morgan fingerprint density at radius 2 is 1.83 bits per heavy atom. The molecule has 1 N–H and O–H groups in total. The van der Waals surface area contributed by atoms with Gasteiger partial charge in [-0.05, 0) is 20.8 Å². The summed E-state index contributed by atoms with van der Waals surface area (Å²) in [5.74, 6) is 0.763. The molecule has 0 aliphatic heterocycles. The van der Waals surface area contributed by atoms with E-state index in [-0.39, 0.29) is 6.54 Å². The third-order valence-electron chi connectivity index (χ3n) is 3.57. The predicted octanol–water partition coefficient (Wildman–Crippen LogP) is 0.417. The lowest BCUT2D eigenvalue weighted by atomic mass is 10.4. The van der Waals surface area contributed by atoms with Crippen LogP contribution in [-0.2, 0) is 14.8 Å². The molecule has 0 atom stereocenters. The molecular formula is C14H20N6O3S. The molecule has 0 aliphatic rings. The van der Waals surface area contributed by atoms with Crippen molar-refractivity contribution in [3.8, 4) is 5.95 Å². The standard InChI is InChI=1S/C14H20N6O3S/c1-9-10(2)20(11(3)17-9)14-15-6-12(7-16-14)18-13(21)8-19(4)24(5,22)23/h6-7H,8H2,1-5H3,(H,18,21). The fraction of sp³-hybridized carbons (Fsp3) is 0.429. The highest BCUT2D eigenvalue weighted by molar-refractivity contribution is 7.88. The molecule has 0 aliphatic carbocycles. The molecule has 9 nitrogen and oxygen atoms in total. The van der Waals surface area contributed by atoms with Crippen LogP contribution in [0, 0.1) is 20.8 Å². The summed E-state index contributed by atoms with van der Waals surface area (Å²) in [6.45, 7) is 5.42. The second-order valence-electron chi connectivity index (χ2n) is 5.50. The first-order valence-electron chi connectivity index (χ1n) is 7.15. The Hall–Kier alpha value is -2.33. The second-order valence-corrected chi connectivity index (χ2v) is 7.59. The van der Waals surface area contributed by atoms with Crippen LogP contribution in [0.3, 0.4) is 0 Å². The van der Waals surface area contributed by atoms with Gasteiger partial charge in [-0.25, -0.2) is 23.4 Å². The largest absolute Gasteiger partial charge is 0.322 e. The van der Waals surface area contributed by atoms with Gasteiger partial charge < -0.3 is 5.32 Å². The summed E-state index contributed by atoms with van der Waals surface area (Å²) in [6, 6.07) is 0. The molecule has 130 valence electrons. The van der Waals surface area contributed by atoms with Crippen molar-refractivity contribution in [1.29, 1.82) is 0 Å². The number of sulfonamides is 1. The number of imidazole rings is 1. The molecule has 2 rings (SSSR count). The number of nitrogens with zero attached hydrogens (tertiary/aromatic N) is 5. The summed E-state index contributed by atoms with van der Waals surface area (Å²) >= 11 is 0. The minimum Gasteiger partial charge on any atom is -0.322 e. The molecule has 2 heterocycles. The van der Waals surface area contributed by atoms with E-state index in [0.29, 0.717) is 11.6 Å². The molecule has 0 bridgehead atoms. The number of anilines is 1. The van der Waals surface area contributed by atoms with E-state index in [2.05, 4.69) is 20.3 Å². The summed E-state index contributed by atoms with van der Waals surface area (Å²) in [5, 5.41) is 2.56. The summed E-state index contributed by atoms with van der Waals surface area (Å²) in [4.78, 5) is 24.7. The number of amides is 1. The van der Waals surface area contributed by atoms with E-state index in [1.165, 1.54) is 19.4 Å². The second kappa shape index (κ2) is 6.65. The zero-order valence-electron chi connectivity index (χ0n) is 14.2. The van der Waals surface area contributed by atoms with Crippen molar-refractivity contribution in [2.24, 2.45) is 0 Å². The number of hydrogen-bond donors (Lipinski definition) is 1. The maximum Gasteiger partial charge on any atom is 0.239 e. The van der Waals surface area contributed by atoms with Crippen molar-refractivity contribution in [3.63, 3.8) is 0 Å². The minimum atomic E-state index is -3.41. The summed E-state index contributed by atoms with van der Waals surface area (Å²) in [5.41, 5.74) is 2.23. The first-order valence-corrected chi connectivity index (χ1v) is 9.00. The van der Waals surface area contributed by atoms with Gasteiger partial charge in [0.2, 0.25) is 21.9 Å². The molecule has 0 saturated heterocycles. The van der Waals surface area contributed by atoms with Crippen LogP contribution < -0.4 is 5.32 Å². The van der Waals surface area contributed by atoms with Crippen molar-refractivity contribution in [2.75, 3.05) is 25.2 Å². The number of hydrogen-bond acceptors (Lipinski definition) is 6. The van der Waals surface area contributed by atoms with Crippen LogP contribution >= 0.6 is 0 Å². The normalized spacial score (nSPS) is 11.8. The van der Waals surface area contributed by atoms with E-state index >= 15 is 0 Å². The molecule has 24 heavy (non-hydrogen) atoms. The van der Waals surface area contributed by atoms with Crippen LogP contribution in [-0.4, -0.2) is 58.0 Å². The number of carbonyl (C=O) groups excluding carboxylic acids is 1. The fourth-order valence-electron chi connectivity index (χ4n) is 2.09. The third kappa shape index (κ3) is 3.95. The molecule has 0 fully saturated rings. The number of aromatic nitrogens is 4. The lowest BCUT2D eigenvalue weighted by Gasteiger charge is -2.13. The van der Waals surface area contributed by atoms with Crippen LogP contribution in [0.2, 0.25) is 0 Å². The van der Waals surface area contributed by atoms with Crippen molar-refractivity contribution in [2.45, 2.75) is 20.8 Å². The van der Waals surface area contributed by atoms with Gasteiger partial charge in [-0.3, -0.25) is 9.36 Å². The molecule has 0 saturated carbocycles. The van der Waals surface area contributed by atoms with Gasteiger partial charge in [0.25, 0.3) is 0 Å². The lowest BCUT2D eigenvalue weighted by Crippen LogP contribution is -2.34. The maximum absolute atomic E-state index is 11.8. The van der Waals surface area contributed by atoms with Gasteiger partial charge in [0.15, 0.2) is 0 Å². The molecular weight excluding hydrogens is 332 g/mol. The van der Waals surface area contributed by atoms with E-state index in [4.69, 9.17) is 0 Å². The first-order chi connectivity index (χ1) is 11.1. The Morgan fingerprint density at radius 3 is 2.29 bits per heavy atom. The monoisotopic (exact) mass is 352 g/mol. The average molecular weight is 352 g/mol. The molecule has 2 aromatic heterocycles. The average Bonchev–Trinajstić information content (AvgIpc) is 2.72. The number of carbonyl (C=O) groups is 1. The Kier molecular flexibility index (Phi) is 4.99. The van der Waals surface area contributed by atoms with E-state index in [9.17, 15) is 13.2 Å². The van der Waals surface area contributed by atoms with Crippen LogP contribution in [0.1, 0.15) is 17.2 Å². The highest BCUT2D eigenvalue weighted by Gasteiger charge is 2.16. The predicted molar refractivity (Wildman–Crippen MR) is 89.5 cm³/mol. The van der Waals surface area contributed by atoms with Crippen LogP contribution in [0.25, 0.3) is 5.95 Å². The molecule has 0 spiro atoms. The van der Waals surface area contributed by atoms with E-state index in [1.54, 1.807) is 0 Å². The molecule has 0 aromatic carbocycles. The number of rotatable bonds is 5. The van der Waals surface area contributed by atoms with Gasteiger partial charge in [0, 0.05) is 12.7 Å². The van der Waals surface area contributed by atoms with E-state index in [1.807, 2.05) is 25.3 Å². The van der Waals surface area contributed by atoms with Crippen molar-refractivity contribution in [1.82, 2.24) is 23.8 Å².